The Labute approximate surface area is 97.3 Å². The Balaban J connectivity index is 0. The third-order valence-electron chi connectivity index (χ3n) is 1.27. The molecule has 0 radical (unpaired) electrons. The third kappa shape index (κ3) is 7.34. The Morgan fingerprint density at radius 3 is 1.86 bits per heavy atom. The molecule has 14 heavy (non-hydrogen) atoms. The predicted molar refractivity (Wildman–Crippen MR) is 73.2 cm³/mol. The fourth-order valence-corrected chi connectivity index (χ4v) is 2.35. The molecular weight excluding hydrogens is 208 g/mol. The molecule has 0 saturated carbocycles. The van der Waals surface area contributed by atoms with Crippen LogP contribution in [-0.2, 0) is 0 Å². The molecule has 0 heterocycles. The topological polar surface area (TPSA) is 0 Å². The minimum absolute atomic E-state index is 1.36. The summed E-state index contributed by atoms with van der Waals surface area (Å²) >= 11 is 0. The van der Waals surface area contributed by atoms with E-state index >= 15 is 0 Å². The number of benzene rings is 1. The van der Waals surface area contributed by atoms with E-state index in [2.05, 4.69) is 37.4 Å². The molecule has 0 saturated heterocycles. The highest BCUT2D eigenvalue weighted by Crippen LogP contribution is 2.30. The van der Waals surface area contributed by atoms with E-state index in [4.69, 9.17) is 0 Å². The van der Waals surface area contributed by atoms with Gasteiger partial charge in [-0.25, -0.2) is 0 Å². The lowest BCUT2D eigenvalue weighted by Crippen LogP contribution is -1.73. The Hall–Kier alpha value is -0.0800. The zero-order valence-electron chi connectivity index (χ0n) is 10.1. The molecule has 1 rings (SSSR count). The lowest BCUT2D eigenvalue weighted by atomic mass is 10.2. The van der Waals surface area contributed by atoms with E-state index in [-0.39, 0.29) is 0 Å². The second-order valence-electron chi connectivity index (χ2n) is 2.02. The Kier molecular flexibility index (Phi) is 15.1. The maximum absolute atomic E-state index is 2.15. The Bertz CT molecular complexity index is 209. The molecular formula is C12H22S2. The van der Waals surface area contributed by atoms with E-state index in [1.54, 1.807) is 10.8 Å². The molecule has 0 aliphatic rings. The lowest BCUT2D eigenvalue weighted by molar-refractivity contribution is 1.31. The summed E-state index contributed by atoms with van der Waals surface area (Å²) in [4.78, 5) is 1.37. The van der Waals surface area contributed by atoms with E-state index in [9.17, 15) is 0 Å². The summed E-state index contributed by atoms with van der Waals surface area (Å²) in [6.07, 6.45) is 2.09. The predicted octanol–water partition coefficient (Wildman–Crippen LogP) is 5.42. The van der Waals surface area contributed by atoms with Gasteiger partial charge >= 0.3 is 0 Å². The van der Waals surface area contributed by atoms with Crippen molar-refractivity contribution in [3.63, 3.8) is 0 Å². The van der Waals surface area contributed by atoms with Gasteiger partial charge in [0.15, 0.2) is 0 Å². The van der Waals surface area contributed by atoms with Gasteiger partial charge in [-0.3, -0.25) is 0 Å². The first kappa shape index (κ1) is 16.4. The van der Waals surface area contributed by atoms with Crippen molar-refractivity contribution in [1.82, 2.24) is 0 Å². The number of rotatable bonds is 2. The van der Waals surface area contributed by atoms with Crippen molar-refractivity contribution < 1.29 is 0 Å². The van der Waals surface area contributed by atoms with E-state index < -0.39 is 0 Å². The molecule has 0 aliphatic heterocycles. The van der Waals surface area contributed by atoms with Gasteiger partial charge in [0.2, 0.25) is 0 Å². The summed E-state index contributed by atoms with van der Waals surface area (Å²) < 4.78 is 0. The first-order chi connectivity index (χ1) is 6.84. The summed E-state index contributed by atoms with van der Waals surface area (Å²) in [5.74, 6) is 0. The lowest BCUT2D eigenvalue weighted by Gasteiger charge is -1.99. The number of hydrogen-bond donors (Lipinski definition) is 0. The first-order valence-electron chi connectivity index (χ1n) is 5.11. The fourth-order valence-electron chi connectivity index (χ4n) is 0.740. The van der Waals surface area contributed by atoms with Crippen LogP contribution >= 0.6 is 21.6 Å². The van der Waals surface area contributed by atoms with Crippen molar-refractivity contribution in [2.24, 2.45) is 0 Å². The summed E-state index contributed by atoms with van der Waals surface area (Å²) in [6.45, 7) is 10.1. The molecule has 0 fully saturated rings. The molecule has 1 aromatic carbocycles. The van der Waals surface area contributed by atoms with Crippen molar-refractivity contribution in [1.29, 1.82) is 0 Å². The average Bonchev–Trinajstić information content (AvgIpc) is 2.28. The molecule has 0 aromatic heterocycles. The molecule has 2 heteroatoms. The van der Waals surface area contributed by atoms with Crippen LogP contribution in [-0.4, -0.2) is 6.26 Å². The maximum atomic E-state index is 2.15. The molecule has 0 nitrogen and oxygen atoms in total. The van der Waals surface area contributed by atoms with Gasteiger partial charge < -0.3 is 0 Å². The summed E-state index contributed by atoms with van der Waals surface area (Å²) in [5.41, 5.74) is 1.36. The number of aryl methyl sites for hydroxylation is 1. The number of hydrogen-bond acceptors (Lipinski definition) is 2. The molecule has 1 aromatic rings. The van der Waals surface area contributed by atoms with Gasteiger partial charge in [-0.15, -0.1) is 0 Å². The Morgan fingerprint density at radius 2 is 1.43 bits per heavy atom. The fraction of sp³-hybridized carbons (Fsp3) is 0.500. The normalized spacial score (nSPS) is 7.86. The van der Waals surface area contributed by atoms with Crippen LogP contribution < -0.4 is 0 Å². The van der Waals surface area contributed by atoms with Crippen molar-refractivity contribution in [3.8, 4) is 0 Å². The SMILES string of the molecule is CC.CC.CSSc1ccccc1C. The van der Waals surface area contributed by atoms with Crippen molar-refractivity contribution in [2.75, 3.05) is 6.26 Å². The molecule has 0 bridgehead atoms. The van der Waals surface area contributed by atoms with Crippen LogP contribution in [0.5, 0.6) is 0 Å². The third-order valence-corrected chi connectivity index (χ3v) is 3.11. The van der Waals surface area contributed by atoms with Gasteiger partial charge in [0, 0.05) is 4.90 Å². The highest BCUT2D eigenvalue weighted by molar-refractivity contribution is 8.76. The standard InChI is InChI=1S/C8H10S2.2C2H6/c1-7-5-3-4-6-8(7)10-9-2;2*1-2/h3-6H,1-2H3;2*1-2H3. The van der Waals surface area contributed by atoms with E-state index in [1.165, 1.54) is 10.5 Å². The van der Waals surface area contributed by atoms with Gasteiger partial charge in [0.05, 0.1) is 0 Å². The van der Waals surface area contributed by atoms with Crippen LogP contribution in [0.3, 0.4) is 0 Å². The molecule has 0 unspecified atom stereocenters. The van der Waals surface area contributed by atoms with E-state index in [0.29, 0.717) is 0 Å². The quantitative estimate of drug-likeness (QED) is 0.622. The molecule has 0 N–H and O–H groups in total. The Morgan fingerprint density at radius 1 is 0.929 bits per heavy atom. The van der Waals surface area contributed by atoms with E-state index in [1.807, 2.05) is 38.5 Å². The van der Waals surface area contributed by atoms with Crippen molar-refractivity contribution in [2.45, 2.75) is 39.5 Å². The van der Waals surface area contributed by atoms with Crippen LogP contribution in [0.15, 0.2) is 29.2 Å². The van der Waals surface area contributed by atoms with Crippen LogP contribution in [0.25, 0.3) is 0 Å². The van der Waals surface area contributed by atoms with Gasteiger partial charge in [-0.2, -0.15) is 0 Å². The van der Waals surface area contributed by atoms with Crippen LogP contribution in [0.4, 0.5) is 0 Å². The minimum atomic E-state index is 1.36. The van der Waals surface area contributed by atoms with Gasteiger partial charge in [-0.05, 0) is 24.8 Å². The van der Waals surface area contributed by atoms with Crippen molar-refractivity contribution in [3.05, 3.63) is 29.8 Å². The van der Waals surface area contributed by atoms with Gasteiger partial charge in [0.1, 0.15) is 0 Å². The van der Waals surface area contributed by atoms with Crippen LogP contribution in [0.1, 0.15) is 33.3 Å². The average molecular weight is 230 g/mol. The second kappa shape index (κ2) is 12.9. The summed E-state index contributed by atoms with van der Waals surface area (Å²) in [6, 6.07) is 8.43. The van der Waals surface area contributed by atoms with Crippen molar-refractivity contribution >= 4 is 21.6 Å². The molecule has 0 atom stereocenters. The smallest absolute Gasteiger partial charge is 0.0211 e. The highest BCUT2D eigenvalue weighted by atomic mass is 33.1. The monoisotopic (exact) mass is 230 g/mol. The zero-order chi connectivity index (χ0) is 11.4. The summed E-state index contributed by atoms with van der Waals surface area (Å²) in [5, 5.41) is 0. The first-order valence-corrected chi connectivity index (χ1v) is 7.66. The zero-order valence-corrected chi connectivity index (χ0v) is 11.8. The maximum Gasteiger partial charge on any atom is 0.0211 e. The molecule has 0 spiro atoms. The van der Waals surface area contributed by atoms with E-state index in [0.717, 1.165) is 0 Å². The largest absolute Gasteiger partial charge is 0.0924 e. The summed E-state index contributed by atoms with van der Waals surface area (Å²) in [7, 11) is 3.60. The molecule has 82 valence electrons. The molecule has 0 aliphatic carbocycles. The second-order valence-corrected chi connectivity index (χ2v) is 4.46. The minimum Gasteiger partial charge on any atom is -0.0924 e. The van der Waals surface area contributed by atoms with Gasteiger partial charge in [0.25, 0.3) is 0 Å². The van der Waals surface area contributed by atoms with Gasteiger partial charge in [-0.1, -0.05) is 67.5 Å². The highest BCUT2D eigenvalue weighted by Gasteiger charge is 1.93. The van der Waals surface area contributed by atoms with Crippen LogP contribution in [0, 0.1) is 6.92 Å². The molecule has 0 amide bonds. The van der Waals surface area contributed by atoms with Crippen LogP contribution in [0.2, 0.25) is 0 Å².